The maximum Gasteiger partial charge on any atom is 0.255 e. The molecular formula is C29H33N5O4. The molecule has 2 aromatic carbocycles. The number of benzene rings is 2. The Balaban J connectivity index is 1.16. The van der Waals surface area contributed by atoms with Gasteiger partial charge >= 0.3 is 0 Å². The van der Waals surface area contributed by atoms with Crippen molar-refractivity contribution in [2.24, 2.45) is 0 Å². The zero-order valence-corrected chi connectivity index (χ0v) is 21.6. The van der Waals surface area contributed by atoms with E-state index in [4.69, 9.17) is 10.1 Å². The second-order valence-electron chi connectivity index (χ2n) is 10.8. The monoisotopic (exact) mass is 515 g/mol. The van der Waals surface area contributed by atoms with Crippen LogP contribution < -0.4 is 15.4 Å². The van der Waals surface area contributed by atoms with Gasteiger partial charge in [0, 0.05) is 60.1 Å². The molecule has 1 unspecified atom stereocenters. The Hall–Kier alpha value is -3.72. The number of nitrogens with zero attached hydrogens (tertiary/aromatic N) is 2. The second kappa shape index (κ2) is 9.54. The van der Waals surface area contributed by atoms with E-state index in [-0.39, 0.29) is 29.6 Å². The van der Waals surface area contributed by atoms with Crippen molar-refractivity contribution in [2.45, 2.75) is 57.2 Å². The Labute approximate surface area is 222 Å². The van der Waals surface area contributed by atoms with Gasteiger partial charge in [-0.05, 0) is 68.6 Å². The van der Waals surface area contributed by atoms with Crippen LogP contribution in [0.4, 0.5) is 5.69 Å². The third-order valence-corrected chi connectivity index (χ3v) is 8.56. The molecule has 4 aliphatic rings. The Morgan fingerprint density at radius 1 is 1.18 bits per heavy atom. The molecule has 4 heterocycles. The lowest BCUT2D eigenvalue weighted by atomic mass is 9.74. The number of carbonyl (C=O) groups is 3. The van der Waals surface area contributed by atoms with Gasteiger partial charge in [-0.25, -0.2) is 0 Å². The summed E-state index contributed by atoms with van der Waals surface area (Å²) in [6.45, 7) is 6.65. The van der Waals surface area contributed by atoms with Crippen molar-refractivity contribution in [3.63, 3.8) is 0 Å². The van der Waals surface area contributed by atoms with Crippen molar-refractivity contribution in [2.75, 3.05) is 31.6 Å². The van der Waals surface area contributed by atoms with Gasteiger partial charge in [-0.15, -0.1) is 0 Å². The minimum atomic E-state index is -0.610. The van der Waals surface area contributed by atoms with Gasteiger partial charge in [0.05, 0.1) is 6.61 Å². The quantitative estimate of drug-likeness (QED) is 0.403. The second-order valence-corrected chi connectivity index (χ2v) is 10.8. The van der Waals surface area contributed by atoms with Crippen LogP contribution in [0, 0.1) is 5.41 Å². The molecule has 0 aliphatic carbocycles. The summed E-state index contributed by atoms with van der Waals surface area (Å²) >= 11 is 0. The molecule has 3 amide bonds. The fourth-order valence-corrected chi connectivity index (χ4v) is 6.41. The molecule has 0 aromatic heterocycles. The number of piperidine rings is 2. The van der Waals surface area contributed by atoms with Crippen molar-refractivity contribution >= 4 is 29.6 Å². The first-order valence-electron chi connectivity index (χ1n) is 13.5. The molecule has 38 heavy (non-hydrogen) atoms. The summed E-state index contributed by atoms with van der Waals surface area (Å²) < 4.78 is 6.16. The first-order valence-corrected chi connectivity index (χ1v) is 13.5. The van der Waals surface area contributed by atoms with E-state index >= 15 is 0 Å². The van der Waals surface area contributed by atoms with Crippen molar-refractivity contribution in [1.29, 1.82) is 5.41 Å². The van der Waals surface area contributed by atoms with E-state index in [1.54, 1.807) is 4.90 Å². The lowest BCUT2D eigenvalue weighted by Gasteiger charge is -2.38. The van der Waals surface area contributed by atoms with Crippen LogP contribution >= 0.6 is 0 Å². The van der Waals surface area contributed by atoms with Crippen LogP contribution in [-0.2, 0) is 28.1 Å². The standard InChI is InChI=1S/C29H33N5O4/c1-2-31-23-11-18(3-4-19(23)14-30)15-33-9-7-29(8-10-33)17-38-25-13-21-20(12-22(25)29)16-34(28(21)37)24-5-6-26(35)32-27(24)36/h3-4,11-14,24,30-31H,2,5-10,15-17H2,1H3,(H,32,35,36). The van der Waals surface area contributed by atoms with Crippen LogP contribution in [0.15, 0.2) is 30.3 Å². The fraction of sp³-hybridized carbons (Fsp3) is 0.448. The lowest BCUT2D eigenvalue weighted by molar-refractivity contribution is -0.136. The number of carbonyl (C=O) groups excluding carboxylic acids is 3. The fourth-order valence-electron chi connectivity index (χ4n) is 6.41. The molecule has 4 aliphatic heterocycles. The molecule has 9 heteroatoms. The number of nitrogens with one attached hydrogen (secondary N) is 3. The van der Waals surface area contributed by atoms with Crippen molar-refractivity contribution in [1.82, 2.24) is 15.1 Å². The summed E-state index contributed by atoms with van der Waals surface area (Å²) in [7, 11) is 0. The van der Waals surface area contributed by atoms with Gasteiger partial charge < -0.3 is 20.4 Å². The normalized spacial score (nSPS) is 22.2. The minimum Gasteiger partial charge on any atom is -0.492 e. The van der Waals surface area contributed by atoms with Crippen LogP contribution in [0.2, 0.25) is 0 Å². The van der Waals surface area contributed by atoms with Crippen LogP contribution in [0.25, 0.3) is 0 Å². The molecule has 198 valence electrons. The molecule has 2 fully saturated rings. The summed E-state index contributed by atoms with van der Waals surface area (Å²) in [5.41, 5.74) is 5.79. The predicted molar refractivity (Wildman–Crippen MR) is 143 cm³/mol. The number of anilines is 1. The highest BCUT2D eigenvalue weighted by Gasteiger charge is 2.46. The van der Waals surface area contributed by atoms with Gasteiger partial charge in [0.15, 0.2) is 0 Å². The van der Waals surface area contributed by atoms with Crippen LogP contribution in [-0.4, -0.2) is 66.0 Å². The summed E-state index contributed by atoms with van der Waals surface area (Å²) in [4.78, 5) is 41.2. The highest BCUT2D eigenvalue weighted by molar-refractivity contribution is 6.05. The van der Waals surface area contributed by atoms with Gasteiger partial charge in [0.1, 0.15) is 11.8 Å². The summed E-state index contributed by atoms with van der Waals surface area (Å²) in [5, 5.41) is 13.4. The highest BCUT2D eigenvalue weighted by Crippen LogP contribution is 2.48. The number of ether oxygens (including phenoxy) is 1. The van der Waals surface area contributed by atoms with E-state index in [0.717, 1.165) is 61.6 Å². The predicted octanol–water partition coefficient (Wildman–Crippen LogP) is 2.80. The summed E-state index contributed by atoms with van der Waals surface area (Å²) in [6, 6.07) is 9.66. The average Bonchev–Trinajstić information content (AvgIpc) is 3.42. The third kappa shape index (κ3) is 4.15. The molecule has 3 N–H and O–H groups in total. The topological polar surface area (TPSA) is 115 Å². The van der Waals surface area contributed by atoms with E-state index in [9.17, 15) is 14.4 Å². The SMILES string of the molecule is CCNc1cc(CN2CCC3(CC2)COc2cc4c(cc23)CN(C2CCC(=O)NC2=O)C4=O)ccc1C=N. The number of hydrogen-bond acceptors (Lipinski definition) is 7. The van der Waals surface area contributed by atoms with Gasteiger partial charge in [-0.3, -0.25) is 24.6 Å². The van der Waals surface area contributed by atoms with E-state index in [0.29, 0.717) is 25.1 Å². The molecule has 2 saturated heterocycles. The number of likely N-dealkylation sites (tertiary alicyclic amines) is 1. The van der Waals surface area contributed by atoms with Crippen LogP contribution in [0.5, 0.6) is 5.75 Å². The largest absolute Gasteiger partial charge is 0.492 e. The van der Waals surface area contributed by atoms with Crippen LogP contribution in [0.1, 0.15) is 65.2 Å². The van der Waals surface area contributed by atoms with E-state index in [2.05, 4.69) is 40.7 Å². The molecule has 0 bridgehead atoms. The van der Waals surface area contributed by atoms with Gasteiger partial charge in [-0.1, -0.05) is 12.1 Å². The summed E-state index contributed by atoms with van der Waals surface area (Å²) in [6.07, 6.45) is 3.95. The zero-order valence-electron chi connectivity index (χ0n) is 21.6. The minimum absolute atomic E-state index is 0.0646. The molecular weight excluding hydrogens is 482 g/mol. The third-order valence-electron chi connectivity index (χ3n) is 8.56. The maximum atomic E-state index is 13.2. The highest BCUT2D eigenvalue weighted by atomic mass is 16.5. The molecule has 0 radical (unpaired) electrons. The molecule has 6 rings (SSSR count). The Bertz CT molecular complexity index is 1330. The smallest absolute Gasteiger partial charge is 0.255 e. The van der Waals surface area contributed by atoms with Crippen LogP contribution in [0.3, 0.4) is 0 Å². The van der Waals surface area contributed by atoms with E-state index in [1.165, 1.54) is 17.3 Å². The van der Waals surface area contributed by atoms with Crippen molar-refractivity contribution in [3.05, 3.63) is 58.1 Å². The van der Waals surface area contributed by atoms with Gasteiger partial charge in [-0.2, -0.15) is 0 Å². The number of amides is 3. The molecule has 0 saturated carbocycles. The molecule has 9 nitrogen and oxygen atoms in total. The summed E-state index contributed by atoms with van der Waals surface area (Å²) in [5.74, 6) is -0.0477. The Morgan fingerprint density at radius 2 is 2.00 bits per heavy atom. The number of fused-ring (bicyclic) bond motifs is 3. The van der Waals surface area contributed by atoms with E-state index in [1.807, 2.05) is 12.1 Å². The Kier molecular flexibility index (Phi) is 6.18. The molecule has 1 spiro atoms. The first kappa shape index (κ1) is 24.6. The number of hydrogen-bond donors (Lipinski definition) is 3. The Morgan fingerprint density at radius 3 is 2.74 bits per heavy atom. The lowest BCUT2D eigenvalue weighted by Crippen LogP contribution is -2.52. The van der Waals surface area contributed by atoms with Gasteiger partial charge in [0.25, 0.3) is 5.91 Å². The van der Waals surface area contributed by atoms with E-state index < -0.39 is 6.04 Å². The van der Waals surface area contributed by atoms with Crippen molar-refractivity contribution in [3.8, 4) is 5.75 Å². The molecule has 1 atom stereocenters. The average molecular weight is 516 g/mol. The number of imide groups is 1. The van der Waals surface area contributed by atoms with Gasteiger partial charge in [0.2, 0.25) is 11.8 Å². The van der Waals surface area contributed by atoms with Crippen molar-refractivity contribution < 1.29 is 19.1 Å². The zero-order chi connectivity index (χ0) is 26.4. The molecule has 2 aromatic rings. The number of rotatable bonds is 6. The first-order chi connectivity index (χ1) is 18.4. The maximum absolute atomic E-state index is 13.2.